The quantitative estimate of drug-likeness (QED) is 0.877. The Morgan fingerprint density at radius 1 is 1.48 bits per heavy atom. The Morgan fingerprint density at radius 3 is 2.86 bits per heavy atom. The van der Waals surface area contributed by atoms with E-state index in [1.165, 1.54) is 37.0 Å². The van der Waals surface area contributed by atoms with Crippen molar-refractivity contribution in [1.82, 2.24) is 10.3 Å². The molecule has 0 spiro atoms. The summed E-state index contributed by atoms with van der Waals surface area (Å²) in [6, 6.07) is 0. The topological polar surface area (TPSA) is 71.2 Å². The van der Waals surface area contributed by atoms with Crippen molar-refractivity contribution < 1.29 is 4.79 Å². The zero-order valence-electron chi connectivity index (χ0n) is 13.2. The number of carbonyl (C=O) groups excluding carboxylic acids is 1. The molecule has 6 heteroatoms. The van der Waals surface area contributed by atoms with Gasteiger partial charge in [-0.25, -0.2) is 4.98 Å². The molecule has 0 aliphatic heterocycles. The molecule has 1 fully saturated rings. The van der Waals surface area contributed by atoms with Crippen LogP contribution < -0.4 is 16.0 Å². The van der Waals surface area contributed by atoms with Crippen molar-refractivity contribution in [1.29, 1.82) is 0 Å². The molecule has 1 saturated carbocycles. The molecular weight excluding hydrogens is 284 g/mol. The summed E-state index contributed by atoms with van der Waals surface area (Å²) in [4.78, 5) is 19.1. The molecule has 1 aliphatic carbocycles. The van der Waals surface area contributed by atoms with Crippen molar-refractivity contribution >= 4 is 28.2 Å². The van der Waals surface area contributed by atoms with Crippen LogP contribution in [0.3, 0.4) is 0 Å². The third-order valence-corrected chi connectivity index (χ3v) is 5.65. The van der Waals surface area contributed by atoms with Crippen LogP contribution in [-0.4, -0.2) is 31.0 Å². The number of amides is 1. The lowest BCUT2D eigenvalue weighted by Crippen LogP contribution is -2.33. The van der Waals surface area contributed by atoms with Crippen LogP contribution in [0.25, 0.3) is 0 Å². The van der Waals surface area contributed by atoms with Gasteiger partial charge < -0.3 is 16.0 Å². The molecule has 1 aromatic rings. The Balaban J connectivity index is 1.95. The first-order valence-electron chi connectivity index (χ1n) is 7.78. The maximum Gasteiger partial charge on any atom is 0.265 e. The summed E-state index contributed by atoms with van der Waals surface area (Å²) in [6.45, 7) is 5.91. The number of rotatable bonds is 5. The Bertz CT molecular complexity index is 488. The van der Waals surface area contributed by atoms with Gasteiger partial charge in [-0.1, -0.05) is 37.5 Å². The number of anilines is 2. The molecule has 21 heavy (non-hydrogen) atoms. The van der Waals surface area contributed by atoms with Crippen LogP contribution in [0, 0.1) is 11.8 Å². The second kappa shape index (κ2) is 7.11. The minimum absolute atomic E-state index is 0.0847. The predicted octanol–water partition coefficient (Wildman–Crippen LogP) is 2.74. The summed E-state index contributed by atoms with van der Waals surface area (Å²) in [7, 11) is 1.95. The molecule has 5 nitrogen and oxygen atoms in total. The number of aromatic nitrogens is 1. The number of hydrogen-bond acceptors (Lipinski definition) is 5. The Labute approximate surface area is 130 Å². The van der Waals surface area contributed by atoms with Gasteiger partial charge in [-0.2, -0.15) is 0 Å². The number of hydrogen-bond donors (Lipinski definition) is 2. The van der Waals surface area contributed by atoms with Crippen LogP contribution in [-0.2, 0) is 0 Å². The van der Waals surface area contributed by atoms with E-state index < -0.39 is 0 Å². The fraction of sp³-hybridized carbons (Fsp3) is 0.733. The fourth-order valence-electron chi connectivity index (χ4n) is 2.78. The second-order valence-corrected chi connectivity index (χ2v) is 6.93. The maximum absolute atomic E-state index is 12.3. The van der Waals surface area contributed by atoms with E-state index in [4.69, 9.17) is 5.73 Å². The van der Waals surface area contributed by atoms with E-state index in [1.807, 2.05) is 18.9 Å². The second-order valence-electron chi connectivity index (χ2n) is 5.96. The number of nitrogens with one attached hydrogen (secondary N) is 1. The van der Waals surface area contributed by atoms with Crippen LogP contribution in [0.4, 0.5) is 10.9 Å². The first kappa shape index (κ1) is 16.1. The summed E-state index contributed by atoms with van der Waals surface area (Å²) >= 11 is 1.37. The lowest BCUT2D eigenvalue weighted by molar-refractivity contribution is 0.0941. The maximum atomic E-state index is 12.3. The molecule has 118 valence electrons. The highest BCUT2D eigenvalue weighted by Gasteiger charge is 2.23. The number of nitrogen functional groups attached to an aromatic ring is 1. The lowest BCUT2D eigenvalue weighted by Gasteiger charge is -2.28. The van der Waals surface area contributed by atoms with Gasteiger partial charge in [-0.05, 0) is 25.2 Å². The van der Waals surface area contributed by atoms with E-state index in [0.717, 1.165) is 18.2 Å². The molecule has 1 aliphatic rings. The molecular formula is C15H26N4OS. The van der Waals surface area contributed by atoms with Crippen LogP contribution in [0.15, 0.2) is 0 Å². The largest absolute Gasteiger partial charge is 0.382 e. The molecule has 0 aromatic carbocycles. The molecule has 1 aromatic heterocycles. The Kier molecular flexibility index (Phi) is 5.45. The van der Waals surface area contributed by atoms with Crippen molar-refractivity contribution in [3.05, 3.63) is 4.88 Å². The molecule has 0 radical (unpaired) electrons. The van der Waals surface area contributed by atoms with Gasteiger partial charge in [0.25, 0.3) is 5.91 Å². The summed E-state index contributed by atoms with van der Waals surface area (Å²) in [5, 5.41) is 3.84. The highest BCUT2D eigenvalue weighted by atomic mass is 32.1. The number of nitrogens with zero attached hydrogens (tertiary/aromatic N) is 2. The minimum Gasteiger partial charge on any atom is -0.382 e. The SMILES string of the molecule is CCN(C)c1nc(N)c(C(=O)NCC2CCCCC2C)s1. The van der Waals surface area contributed by atoms with Crippen molar-refractivity contribution in [2.75, 3.05) is 30.8 Å². The highest BCUT2D eigenvalue weighted by molar-refractivity contribution is 7.18. The van der Waals surface area contributed by atoms with Gasteiger partial charge >= 0.3 is 0 Å². The Hall–Kier alpha value is -1.30. The van der Waals surface area contributed by atoms with Crippen molar-refractivity contribution in [3.8, 4) is 0 Å². The van der Waals surface area contributed by atoms with Crippen LogP contribution in [0.1, 0.15) is 49.2 Å². The molecule has 1 amide bonds. The van der Waals surface area contributed by atoms with Crippen molar-refractivity contribution in [2.24, 2.45) is 11.8 Å². The zero-order valence-corrected chi connectivity index (χ0v) is 14.0. The third kappa shape index (κ3) is 3.87. The average Bonchev–Trinajstić information content (AvgIpc) is 2.87. The molecule has 2 rings (SSSR count). The standard InChI is InChI=1S/C15H26N4OS/c1-4-19(3)15-18-13(16)12(21-15)14(20)17-9-11-8-6-5-7-10(11)2/h10-11H,4-9,16H2,1-3H3,(H,17,20). The predicted molar refractivity (Wildman–Crippen MR) is 88.9 cm³/mol. The van der Waals surface area contributed by atoms with E-state index in [2.05, 4.69) is 17.2 Å². The number of thiazole rings is 1. The average molecular weight is 310 g/mol. The monoisotopic (exact) mass is 310 g/mol. The lowest BCUT2D eigenvalue weighted by atomic mass is 9.80. The normalized spacial score (nSPS) is 22.0. The van der Waals surface area contributed by atoms with Crippen LogP contribution in [0.5, 0.6) is 0 Å². The number of nitrogens with two attached hydrogens (primary N) is 1. The molecule has 2 unspecified atom stereocenters. The summed E-state index contributed by atoms with van der Waals surface area (Å²) in [5.41, 5.74) is 5.88. The first-order valence-corrected chi connectivity index (χ1v) is 8.60. The van der Waals surface area contributed by atoms with Gasteiger partial charge in [0.05, 0.1) is 0 Å². The summed E-state index contributed by atoms with van der Waals surface area (Å²) < 4.78 is 0. The van der Waals surface area contributed by atoms with E-state index >= 15 is 0 Å². The smallest absolute Gasteiger partial charge is 0.265 e. The van der Waals surface area contributed by atoms with Gasteiger partial charge in [0.2, 0.25) is 0 Å². The first-order chi connectivity index (χ1) is 10.0. The Morgan fingerprint density at radius 2 is 2.19 bits per heavy atom. The van der Waals surface area contributed by atoms with Gasteiger partial charge in [0, 0.05) is 20.1 Å². The van der Waals surface area contributed by atoms with E-state index in [-0.39, 0.29) is 5.91 Å². The van der Waals surface area contributed by atoms with Crippen molar-refractivity contribution in [2.45, 2.75) is 39.5 Å². The molecule has 2 atom stereocenters. The van der Waals surface area contributed by atoms with Crippen LogP contribution >= 0.6 is 11.3 Å². The fourth-order valence-corrected chi connectivity index (χ4v) is 3.71. The zero-order chi connectivity index (χ0) is 15.4. The molecule has 0 bridgehead atoms. The summed E-state index contributed by atoms with van der Waals surface area (Å²) in [5.74, 6) is 1.54. The highest BCUT2D eigenvalue weighted by Crippen LogP contribution is 2.30. The van der Waals surface area contributed by atoms with E-state index in [9.17, 15) is 4.79 Å². The third-order valence-electron chi connectivity index (χ3n) is 4.46. The van der Waals surface area contributed by atoms with Gasteiger partial charge in [-0.3, -0.25) is 4.79 Å². The van der Waals surface area contributed by atoms with Gasteiger partial charge in [0.15, 0.2) is 5.13 Å². The van der Waals surface area contributed by atoms with Crippen molar-refractivity contribution in [3.63, 3.8) is 0 Å². The van der Waals surface area contributed by atoms with E-state index in [0.29, 0.717) is 22.5 Å². The van der Waals surface area contributed by atoms with E-state index in [1.54, 1.807) is 0 Å². The minimum atomic E-state index is -0.0847. The molecule has 0 saturated heterocycles. The van der Waals surface area contributed by atoms with Gasteiger partial charge in [-0.15, -0.1) is 0 Å². The number of carbonyl (C=O) groups is 1. The van der Waals surface area contributed by atoms with Crippen LogP contribution in [0.2, 0.25) is 0 Å². The summed E-state index contributed by atoms with van der Waals surface area (Å²) in [6.07, 6.45) is 5.08. The molecule has 1 heterocycles. The molecule has 3 N–H and O–H groups in total. The van der Waals surface area contributed by atoms with Gasteiger partial charge in [0.1, 0.15) is 10.7 Å².